The maximum absolute atomic E-state index is 12.3. The summed E-state index contributed by atoms with van der Waals surface area (Å²) in [4.78, 5) is 2.10. The molecule has 20 heavy (non-hydrogen) atoms. The predicted molar refractivity (Wildman–Crippen MR) is 85.7 cm³/mol. The van der Waals surface area contributed by atoms with Gasteiger partial charge >= 0.3 is 0 Å². The molecular formula is C14H15BrN2O2S. The molecule has 0 aromatic heterocycles. The predicted octanol–water partition coefficient (Wildman–Crippen LogP) is 3.32. The average molecular weight is 355 g/mol. The van der Waals surface area contributed by atoms with Gasteiger partial charge in [0.05, 0.1) is 16.3 Å². The molecule has 0 aliphatic rings. The van der Waals surface area contributed by atoms with E-state index in [9.17, 15) is 8.42 Å². The quantitative estimate of drug-likeness (QED) is 0.916. The summed E-state index contributed by atoms with van der Waals surface area (Å²) in [6.07, 6.45) is 0. The molecule has 0 amide bonds. The normalized spacial score (nSPS) is 11.2. The molecule has 0 saturated heterocycles. The summed E-state index contributed by atoms with van der Waals surface area (Å²) < 4.78 is 28.1. The van der Waals surface area contributed by atoms with E-state index in [-0.39, 0.29) is 4.90 Å². The lowest BCUT2D eigenvalue weighted by Crippen LogP contribution is -2.17. The number of hydrogen-bond donors (Lipinski definition) is 1. The van der Waals surface area contributed by atoms with Gasteiger partial charge in [-0.15, -0.1) is 0 Å². The van der Waals surface area contributed by atoms with Gasteiger partial charge in [0.1, 0.15) is 0 Å². The van der Waals surface area contributed by atoms with E-state index in [4.69, 9.17) is 0 Å². The molecule has 0 fully saturated rings. The van der Waals surface area contributed by atoms with Crippen LogP contribution in [0.5, 0.6) is 0 Å². The molecule has 0 radical (unpaired) electrons. The van der Waals surface area contributed by atoms with E-state index in [1.807, 2.05) is 31.1 Å². The van der Waals surface area contributed by atoms with Crippen LogP contribution in [0.1, 0.15) is 0 Å². The molecule has 106 valence electrons. The number of anilines is 2. The molecule has 0 atom stereocenters. The maximum Gasteiger partial charge on any atom is 0.261 e. The molecule has 0 spiro atoms. The minimum atomic E-state index is -3.58. The lowest BCUT2D eigenvalue weighted by atomic mass is 10.2. The summed E-state index contributed by atoms with van der Waals surface area (Å²) in [6, 6.07) is 13.8. The summed E-state index contributed by atoms with van der Waals surface area (Å²) in [5, 5.41) is 0. The van der Waals surface area contributed by atoms with Crippen molar-refractivity contribution in [1.29, 1.82) is 0 Å². The standard InChI is InChI=1S/C14H15BrN2O2S/c1-17(2)14-9-8-11(15)10-13(14)16-20(18,19)12-6-4-3-5-7-12/h3-10,16H,1-2H3. The first-order valence-electron chi connectivity index (χ1n) is 5.95. The van der Waals surface area contributed by atoms with Gasteiger partial charge in [0.25, 0.3) is 10.0 Å². The van der Waals surface area contributed by atoms with Crippen LogP contribution >= 0.6 is 15.9 Å². The largest absolute Gasteiger partial charge is 0.376 e. The highest BCUT2D eigenvalue weighted by Crippen LogP contribution is 2.29. The van der Waals surface area contributed by atoms with E-state index >= 15 is 0 Å². The van der Waals surface area contributed by atoms with Crippen LogP contribution in [0, 0.1) is 0 Å². The second-order valence-corrected chi connectivity index (χ2v) is 7.07. The molecule has 0 bridgehead atoms. The number of halogens is 1. The fraction of sp³-hybridized carbons (Fsp3) is 0.143. The minimum Gasteiger partial charge on any atom is -0.376 e. The van der Waals surface area contributed by atoms with Crippen molar-refractivity contribution in [2.75, 3.05) is 23.7 Å². The van der Waals surface area contributed by atoms with Crippen LogP contribution in [0.25, 0.3) is 0 Å². The fourth-order valence-corrected chi connectivity index (χ4v) is 3.23. The number of sulfonamides is 1. The maximum atomic E-state index is 12.3. The Morgan fingerprint density at radius 2 is 1.70 bits per heavy atom. The molecule has 2 aromatic rings. The highest BCUT2D eigenvalue weighted by molar-refractivity contribution is 9.10. The van der Waals surface area contributed by atoms with Crippen molar-refractivity contribution >= 4 is 37.3 Å². The van der Waals surface area contributed by atoms with E-state index in [2.05, 4.69) is 20.7 Å². The molecule has 0 aliphatic heterocycles. The number of benzene rings is 2. The summed E-state index contributed by atoms with van der Waals surface area (Å²) in [6.45, 7) is 0. The Bertz CT molecular complexity index is 700. The Morgan fingerprint density at radius 1 is 1.05 bits per heavy atom. The molecule has 2 rings (SSSR count). The van der Waals surface area contributed by atoms with Crippen LogP contribution in [-0.4, -0.2) is 22.5 Å². The zero-order valence-corrected chi connectivity index (χ0v) is 13.6. The van der Waals surface area contributed by atoms with Crippen LogP contribution in [0.3, 0.4) is 0 Å². The topological polar surface area (TPSA) is 49.4 Å². The van der Waals surface area contributed by atoms with Crippen LogP contribution in [-0.2, 0) is 10.0 Å². The summed E-state index contributed by atoms with van der Waals surface area (Å²) in [7, 11) is 0.146. The number of rotatable bonds is 4. The molecule has 6 heteroatoms. The lowest BCUT2D eigenvalue weighted by molar-refractivity contribution is 0.601. The Kier molecular flexibility index (Phi) is 4.35. The highest BCUT2D eigenvalue weighted by Gasteiger charge is 2.16. The zero-order chi connectivity index (χ0) is 14.8. The summed E-state index contributed by atoms with van der Waals surface area (Å²) >= 11 is 3.36. The Labute approximate surface area is 127 Å². The Morgan fingerprint density at radius 3 is 2.30 bits per heavy atom. The summed E-state index contributed by atoms with van der Waals surface area (Å²) in [5.41, 5.74) is 1.33. The van der Waals surface area contributed by atoms with Crippen LogP contribution in [0.4, 0.5) is 11.4 Å². The molecular weight excluding hydrogens is 340 g/mol. The SMILES string of the molecule is CN(C)c1ccc(Br)cc1NS(=O)(=O)c1ccccc1. The first kappa shape index (κ1) is 14.9. The Hall–Kier alpha value is -1.53. The van der Waals surface area contributed by atoms with E-state index < -0.39 is 10.0 Å². The molecule has 0 saturated carbocycles. The fourth-order valence-electron chi connectivity index (χ4n) is 1.78. The minimum absolute atomic E-state index is 0.240. The van der Waals surface area contributed by atoms with Crippen molar-refractivity contribution in [3.05, 3.63) is 53.0 Å². The number of hydrogen-bond acceptors (Lipinski definition) is 3. The second-order valence-electron chi connectivity index (χ2n) is 4.47. The van der Waals surface area contributed by atoms with Crippen LogP contribution < -0.4 is 9.62 Å². The first-order chi connectivity index (χ1) is 9.40. The zero-order valence-electron chi connectivity index (χ0n) is 11.2. The van der Waals surface area contributed by atoms with Gasteiger partial charge in [-0.25, -0.2) is 8.42 Å². The van der Waals surface area contributed by atoms with E-state index in [1.54, 1.807) is 36.4 Å². The van der Waals surface area contributed by atoms with Crippen molar-refractivity contribution in [3.63, 3.8) is 0 Å². The molecule has 0 heterocycles. The second kappa shape index (κ2) is 5.85. The monoisotopic (exact) mass is 354 g/mol. The molecule has 0 aliphatic carbocycles. The molecule has 0 unspecified atom stereocenters. The van der Waals surface area contributed by atoms with Crippen molar-refractivity contribution < 1.29 is 8.42 Å². The highest BCUT2D eigenvalue weighted by atomic mass is 79.9. The Balaban J connectivity index is 2.42. The lowest BCUT2D eigenvalue weighted by Gasteiger charge is -2.19. The molecule has 2 aromatic carbocycles. The summed E-state index contributed by atoms with van der Waals surface area (Å²) in [5.74, 6) is 0. The number of nitrogens with one attached hydrogen (secondary N) is 1. The van der Waals surface area contributed by atoms with E-state index in [0.717, 1.165) is 10.2 Å². The third-order valence-electron chi connectivity index (χ3n) is 2.74. The van der Waals surface area contributed by atoms with E-state index in [0.29, 0.717) is 5.69 Å². The van der Waals surface area contributed by atoms with Crippen LogP contribution in [0.15, 0.2) is 57.9 Å². The third-order valence-corrected chi connectivity index (χ3v) is 4.61. The smallest absolute Gasteiger partial charge is 0.261 e. The van der Waals surface area contributed by atoms with Gasteiger partial charge in [-0.3, -0.25) is 4.72 Å². The van der Waals surface area contributed by atoms with Crippen molar-refractivity contribution in [1.82, 2.24) is 0 Å². The van der Waals surface area contributed by atoms with Crippen molar-refractivity contribution in [3.8, 4) is 0 Å². The van der Waals surface area contributed by atoms with Gasteiger partial charge in [0.2, 0.25) is 0 Å². The van der Waals surface area contributed by atoms with E-state index in [1.165, 1.54) is 0 Å². The molecule has 1 N–H and O–H groups in total. The van der Waals surface area contributed by atoms with Gasteiger partial charge < -0.3 is 4.90 Å². The van der Waals surface area contributed by atoms with Gasteiger partial charge in [-0.1, -0.05) is 34.1 Å². The third kappa shape index (κ3) is 3.32. The molecule has 4 nitrogen and oxygen atoms in total. The van der Waals surface area contributed by atoms with Gasteiger partial charge in [0.15, 0.2) is 0 Å². The average Bonchev–Trinajstić information content (AvgIpc) is 2.39. The first-order valence-corrected chi connectivity index (χ1v) is 8.22. The van der Waals surface area contributed by atoms with Gasteiger partial charge in [0, 0.05) is 18.6 Å². The van der Waals surface area contributed by atoms with Crippen LogP contribution in [0.2, 0.25) is 0 Å². The van der Waals surface area contributed by atoms with Gasteiger partial charge in [-0.05, 0) is 30.3 Å². The van der Waals surface area contributed by atoms with Crippen molar-refractivity contribution in [2.45, 2.75) is 4.90 Å². The van der Waals surface area contributed by atoms with Gasteiger partial charge in [-0.2, -0.15) is 0 Å². The number of nitrogens with zero attached hydrogens (tertiary/aromatic N) is 1. The van der Waals surface area contributed by atoms with Crippen molar-refractivity contribution in [2.24, 2.45) is 0 Å².